The van der Waals surface area contributed by atoms with Gasteiger partial charge in [0.25, 0.3) is 0 Å². The number of carbonyl (C=O) groups excluding carboxylic acids is 2. The standard InChI is InChI=1S/C16H24N2O3/c1-4-11(2)15(16(20)21-3)18-14(19)10-9-12-7-5-6-8-13(12)17/h5-8,11,15H,4,9-10,17H2,1-3H3,(H,18,19). The van der Waals surface area contributed by atoms with Crippen molar-refractivity contribution < 1.29 is 14.3 Å². The summed E-state index contributed by atoms with van der Waals surface area (Å²) in [6.07, 6.45) is 1.62. The van der Waals surface area contributed by atoms with Crippen molar-refractivity contribution in [3.05, 3.63) is 29.8 Å². The van der Waals surface area contributed by atoms with Gasteiger partial charge in [0, 0.05) is 12.1 Å². The first-order valence-corrected chi connectivity index (χ1v) is 7.20. The number of esters is 1. The number of nitrogen functional groups attached to an aromatic ring is 1. The minimum absolute atomic E-state index is 0.0307. The summed E-state index contributed by atoms with van der Waals surface area (Å²) in [6.45, 7) is 3.88. The Bertz CT molecular complexity index is 488. The number of hydrogen-bond donors (Lipinski definition) is 2. The van der Waals surface area contributed by atoms with Gasteiger partial charge < -0.3 is 15.8 Å². The first-order valence-electron chi connectivity index (χ1n) is 7.20. The fourth-order valence-corrected chi connectivity index (χ4v) is 2.05. The first kappa shape index (κ1) is 17.0. The first-order chi connectivity index (χ1) is 9.99. The molecule has 2 atom stereocenters. The van der Waals surface area contributed by atoms with E-state index in [0.29, 0.717) is 12.1 Å². The van der Waals surface area contributed by atoms with Crippen molar-refractivity contribution in [2.75, 3.05) is 12.8 Å². The van der Waals surface area contributed by atoms with Crippen LogP contribution in [0.3, 0.4) is 0 Å². The van der Waals surface area contributed by atoms with Gasteiger partial charge in [0.2, 0.25) is 5.91 Å². The summed E-state index contributed by atoms with van der Waals surface area (Å²) in [7, 11) is 1.33. The molecule has 3 N–H and O–H groups in total. The minimum Gasteiger partial charge on any atom is -0.467 e. The van der Waals surface area contributed by atoms with Crippen molar-refractivity contribution in [2.24, 2.45) is 5.92 Å². The van der Waals surface area contributed by atoms with E-state index in [1.807, 2.05) is 38.1 Å². The third kappa shape index (κ3) is 5.10. The molecule has 2 unspecified atom stereocenters. The minimum atomic E-state index is -0.597. The number of ether oxygens (including phenoxy) is 1. The Morgan fingerprint density at radius 3 is 2.57 bits per heavy atom. The summed E-state index contributed by atoms with van der Waals surface area (Å²) >= 11 is 0. The maximum absolute atomic E-state index is 12.0. The summed E-state index contributed by atoms with van der Waals surface area (Å²) in [4.78, 5) is 23.7. The van der Waals surface area contributed by atoms with Crippen LogP contribution in [0.25, 0.3) is 0 Å². The molecule has 0 radical (unpaired) electrons. The van der Waals surface area contributed by atoms with Crippen molar-refractivity contribution in [2.45, 2.75) is 39.2 Å². The second kappa shape index (κ2) is 8.29. The molecule has 5 nitrogen and oxygen atoms in total. The van der Waals surface area contributed by atoms with Crippen LogP contribution in [0, 0.1) is 5.92 Å². The highest BCUT2D eigenvalue weighted by molar-refractivity contribution is 5.84. The van der Waals surface area contributed by atoms with E-state index in [1.165, 1.54) is 7.11 Å². The van der Waals surface area contributed by atoms with Crippen molar-refractivity contribution in [3.63, 3.8) is 0 Å². The molecule has 0 fully saturated rings. The van der Waals surface area contributed by atoms with E-state index in [1.54, 1.807) is 0 Å². The predicted octanol–water partition coefficient (Wildman–Crippen LogP) is 1.91. The van der Waals surface area contributed by atoms with Gasteiger partial charge in [0.05, 0.1) is 7.11 Å². The summed E-state index contributed by atoms with van der Waals surface area (Å²) in [6, 6.07) is 6.86. The number of aryl methyl sites for hydroxylation is 1. The molecular formula is C16H24N2O3. The lowest BCUT2D eigenvalue weighted by molar-refractivity contribution is -0.146. The maximum atomic E-state index is 12.0. The highest BCUT2D eigenvalue weighted by Gasteiger charge is 2.26. The number of methoxy groups -OCH3 is 1. The normalized spacial score (nSPS) is 13.3. The molecule has 0 heterocycles. The van der Waals surface area contributed by atoms with Crippen LogP contribution in [0.15, 0.2) is 24.3 Å². The molecule has 1 amide bonds. The SMILES string of the molecule is CCC(C)C(NC(=O)CCc1ccccc1N)C(=O)OC. The number of amides is 1. The van der Waals surface area contributed by atoms with Crippen LogP contribution in [0.1, 0.15) is 32.3 Å². The lowest BCUT2D eigenvalue weighted by atomic mass is 9.99. The summed E-state index contributed by atoms with van der Waals surface area (Å²) in [5.41, 5.74) is 7.46. The summed E-state index contributed by atoms with van der Waals surface area (Å²) < 4.78 is 4.74. The third-order valence-electron chi connectivity index (χ3n) is 3.66. The molecule has 0 saturated carbocycles. The monoisotopic (exact) mass is 292 g/mol. The van der Waals surface area contributed by atoms with E-state index >= 15 is 0 Å². The fourth-order valence-electron chi connectivity index (χ4n) is 2.05. The molecule has 5 heteroatoms. The largest absolute Gasteiger partial charge is 0.467 e. The molecule has 0 aliphatic heterocycles. The number of nitrogens with one attached hydrogen (secondary N) is 1. The molecule has 0 bridgehead atoms. The Morgan fingerprint density at radius 2 is 2.00 bits per heavy atom. The summed E-state index contributed by atoms with van der Waals surface area (Å²) in [5, 5.41) is 2.75. The van der Waals surface area contributed by atoms with Gasteiger partial charge in [-0.1, -0.05) is 38.5 Å². The molecule has 116 valence electrons. The van der Waals surface area contributed by atoms with Crippen LogP contribution >= 0.6 is 0 Å². The lowest BCUT2D eigenvalue weighted by Crippen LogP contribution is -2.45. The van der Waals surface area contributed by atoms with Crippen molar-refractivity contribution in [1.82, 2.24) is 5.32 Å². The van der Waals surface area contributed by atoms with E-state index < -0.39 is 12.0 Å². The topological polar surface area (TPSA) is 81.4 Å². The zero-order valence-corrected chi connectivity index (χ0v) is 12.9. The predicted molar refractivity (Wildman–Crippen MR) is 82.6 cm³/mol. The molecule has 0 aliphatic rings. The number of hydrogen-bond acceptors (Lipinski definition) is 4. The number of benzene rings is 1. The van der Waals surface area contributed by atoms with Gasteiger partial charge in [0.1, 0.15) is 6.04 Å². The zero-order valence-electron chi connectivity index (χ0n) is 12.9. The van der Waals surface area contributed by atoms with E-state index in [-0.39, 0.29) is 18.2 Å². The fraction of sp³-hybridized carbons (Fsp3) is 0.500. The van der Waals surface area contributed by atoms with Crippen molar-refractivity contribution in [3.8, 4) is 0 Å². The Kier molecular flexibility index (Phi) is 6.72. The van der Waals surface area contributed by atoms with Crippen LogP contribution < -0.4 is 11.1 Å². The molecule has 1 aromatic carbocycles. The molecule has 21 heavy (non-hydrogen) atoms. The average molecular weight is 292 g/mol. The molecule has 0 aromatic heterocycles. The Morgan fingerprint density at radius 1 is 1.33 bits per heavy atom. The van der Waals surface area contributed by atoms with Crippen molar-refractivity contribution in [1.29, 1.82) is 0 Å². The molecule has 1 rings (SSSR count). The number of anilines is 1. The molecule has 0 saturated heterocycles. The highest BCUT2D eigenvalue weighted by atomic mass is 16.5. The highest BCUT2D eigenvalue weighted by Crippen LogP contribution is 2.13. The van der Waals surface area contributed by atoms with E-state index in [2.05, 4.69) is 5.32 Å². The number of carbonyl (C=O) groups is 2. The van der Waals surface area contributed by atoms with Gasteiger partial charge in [0.15, 0.2) is 0 Å². The van der Waals surface area contributed by atoms with Crippen LogP contribution in [0.2, 0.25) is 0 Å². The Balaban J connectivity index is 2.58. The quantitative estimate of drug-likeness (QED) is 0.594. The average Bonchev–Trinajstić information content (AvgIpc) is 2.50. The van der Waals surface area contributed by atoms with Gasteiger partial charge in [-0.15, -0.1) is 0 Å². The van der Waals surface area contributed by atoms with Crippen LogP contribution in [-0.2, 0) is 20.7 Å². The lowest BCUT2D eigenvalue weighted by Gasteiger charge is -2.21. The number of para-hydroxylation sites is 1. The molecular weight excluding hydrogens is 268 g/mol. The van der Waals surface area contributed by atoms with E-state index in [4.69, 9.17) is 10.5 Å². The third-order valence-corrected chi connectivity index (χ3v) is 3.66. The van der Waals surface area contributed by atoms with Crippen LogP contribution in [-0.4, -0.2) is 25.0 Å². The van der Waals surface area contributed by atoms with Gasteiger partial charge >= 0.3 is 5.97 Å². The smallest absolute Gasteiger partial charge is 0.328 e. The number of nitrogens with two attached hydrogens (primary N) is 1. The van der Waals surface area contributed by atoms with E-state index in [0.717, 1.165) is 12.0 Å². The molecule has 1 aromatic rings. The second-order valence-electron chi connectivity index (χ2n) is 5.15. The Hall–Kier alpha value is -2.04. The van der Waals surface area contributed by atoms with Crippen molar-refractivity contribution >= 4 is 17.6 Å². The van der Waals surface area contributed by atoms with Crippen LogP contribution in [0.5, 0.6) is 0 Å². The van der Waals surface area contributed by atoms with E-state index in [9.17, 15) is 9.59 Å². The molecule has 0 spiro atoms. The maximum Gasteiger partial charge on any atom is 0.328 e. The van der Waals surface area contributed by atoms with Gasteiger partial charge in [-0.05, 0) is 24.0 Å². The summed E-state index contributed by atoms with van der Waals surface area (Å²) in [5.74, 6) is -0.547. The zero-order chi connectivity index (χ0) is 15.8. The van der Waals surface area contributed by atoms with Crippen LogP contribution in [0.4, 0.5) is 5.69 Å². The van der Waals surface area contributed by atoms with Gasteiger partial charge in [-0.3, -0.25) is 4.79 Å². The number of rotatable bonds is 7. The Labute approximate surface area is 125 Å². The molecule has 0 aliphatic carbocycles. The van der Waals surface area contributed by atoms with Gasteiger partial charge in [-0.2, -0.15) is 0 Å². The van der Waals surface area contributed by atoms with Gasteiger partial charge in [-0.25, -0.2) is 4.79 Å². The second-order valence-corrected chi connectivity index (χ2v) is 5.15.